The summed E-state index contributed by atoms with van der Waals surface area (Å²) in [5.41, 5.74) is 8.65. The topological polar surface area (TPSA) is 76.5 Å². The zero-order chi connectivity index (χ0) is 39.6. The summed E-state index contributed by atoms with van der Waals surface area (Å²) in [6, 6.07) is 23.1. The molecule has 6 rings (SSSR count). The number of aliphatic hydroxyl groups is 1. The van der Waals surface area contributed by atoms with Crippen LogP contribution in [0.3, 0.4) is 0 Å². The van der Waals surface area contributed by atoms with Gasteiger partial charge < -0.3 is 13.9 Å². The first-order valence-corrected chi connectivity index (χ1v) is 19.8. The van der Waals surface area contributed by atoms with Crippen LogP contribution in [0.15, 0.2) is 87.8 Å². The van der Waals surface area contributed by atoms with E-state index in [1.165, 1.54) is 22.6 Å². The molecule has 1 N–H and O–H groups in total. The summed E-state index contributed by atoms with van der Waals surface area (Å²) < 4.78 is 12.0. The Labute approximate surface area is 342 Å². The Kier molecular flexibility index (Phi) is 13.9. The van der Waals surface area contributed by atoms with Crippen molar-refractivity contribution in [3.63, 3.8) is 0 Å². The second kappa shape index (κ2) is 17.4. The number of nitrogens with zero attached hydrogens (tertiary/aromatic N) is 1. The average Bonchev–Trinajstić information content (AvgIpc) is 3.80. The fourth-order valence-corrected chi connectivity index (χ4v) is 7.17. The van der Waals surface area contributed by atoms with Crippen molar-refractivity contribution in [2.24, 2.45) is 16.7 Å². The number of benzene rings is 3. The predicted octanol–water partition coefficient (Wildman–Crippen LogP) is 14.3. The number of hydrogen-bond acceptors (Lipinski definition) is 5. The summed E-state index contributed by atoms with van der Waals surface area (Å²) in [6.07, 6.45) is 9.33. The van der Waals surface area contributed by atoms with Gasteiger partial charge in [0.2, 0.25) is 5.71 Å². The van der Waals surface area contributed by atoms with E-state index in [-0.39, 0.29) is 47.9 Å². The van der Waals surface area contributed by atoms with Gasteiger partial charge in [0.25, 0.3) is 0 Å². The van der Waals surface area contributed by atoms with Crippen molar-refractivity contribution in [1.29, 1.82) is 0 Å². The molecule has 0 fully saturated rings. The number of fused-ring (bicyclic) bond motifs is 3. The van der Waals surface area contributed by atoms with Gasteiger partial charge in [-0.1, -0.05) is 124 Å². The first-order valence-electron chi connectivity index (χ1n) is 19.8. The Bertz CT molecular complexity index is 2290. The van der Waals surface area contributed by atoms with E-state index in [4.69, 9.17) is 13.8 Å². The summed E-state index contributed by atoms with van der Waals surface area (Å²) in [7, 11) is 0. The Morgan fingerprint density at radius 3 is 2.13 bits per heavy atom. The molecule has 0 saturated heterocycles. The molecule has 3 heterocycles. The van der Waals surface area contributed by atoms with Crippen molar-refractivity contribution in [1.82, 2.24) is 4.98 Å². The quantitative estimate of drug-likeness (QED) is 0.0796. The Morgan fingerprint density at radius 2 is 1.51 bits per heavy atom. The number of aromatic nitrogens is 1. The minimum atomic E-state index is -0.337. The molecule has 295 valence electrons. The van der Waals surface area contributed by atoms with Crippen molar-refractivity contribution >= 4 is 38.6 Å². The van der Waals surface area contributed by atoms with Crippen molar-refractivity contribution < 1.29 is 38.8 Å². The standard InChI is InChI=1S/C34H32NO2.C15H28O2.Ir/c1-20(2)15-23-11-12-26(27-13-14-36-32(23)27)28-18-30(35-33-31(28)21(3)19-37-33)24-16-22-9-7-8-10-25(22)29(17-24)34(4,5)6;1-7-14(5,8-2)12(16)11-13(17)15(6,9-3)10-4;/h7-14,17-20H,15H2,1-6H3;11,16H,7-10H2,1-6H3;/q-1;;/b;12-11-;. The monoisotopic (exact) mass is 919 g/mol. The molecule has 3 aromatic carbocycles. The molecule has 0 spiro atoms. The Hall–Kier alpha value is -3.99. The molecule has 0 aliphatic heterocycles. The summed E-state index contributed by atoms with van der Waals surface area (Å²) in [4.78, 5) is 17.2. The number of allylic oxidation sites excluding steroid dienone is 2. The maximum Gasteiger partial charge on any atom is 0.219 e. The largest absolute Gasteiger partial charge is 0.512 e. The number of carbonyl (C=O) groups is 1. The molecule has 0 unspecified atom stereocenters. The van der Waals surface area contributed by atoms with Crippen LogP contribution in [0.1, 0.15) is 119 Å². The van der Waals surface area contributed by atoms with E-state index in [0.29, 0.717) is 11.6 Å². The van der Waals surface area contributed by atoms with Crippen LogP contribution in [0.5, 0.6) is 0 Å². The summed E-state index contributed by atoms with van der Waals surface area (Å²) in [6.45, 7) is 25.4. The molecule has 55 heavy (non-hydrogen) atoms. The van der Waals surface area contributed by atoms with Gasteiger partial charge in [-0.15, -0.1) is 29.1 Å². The Morgan fingerprint density at radius 1 is 0.855 bits per heavy atom. The van der Waals surface area contributed by atoms with Crippen molar-refractivity contribution in [2.75, 3.05) is 0 Å². The molecule has 0 atom stereocenters. The fraction of sp³-hybridized carbons (Fsp3) is 0.429. The van der Waals surface area contributed by atoms with Gasteiger partial charge in [0, 0.05) is 53.5 Å². The van der Waals surface area contributed by atoms with Crippen LogP contribution in [-0.4, -0.2) is 15.9 Å². The number of hydrogen-bond donors (Lipinski definition) is 1. The SMILES string of the molecule is CCC(C)(CC)C(=O)/C=C(\O)C(C)(CC)CC.Cc1coc2nc(-c3[c-]c4ccccc4c(C(C)(C)C)c3)cc(-c3ccc(CC(C)C)c4occc34)c12.[Ir]. The second-order valence-electron chi connectivity index (χ2n) is 17.0. The third-order valence-corrected chi connectivity index (χ3v) is 11.8. The number of rotatable bonds is 11. The number of furan rings is 2. The van der Waals surface area contributed by atoms with Crippen LogP contribution < -0.4 is 0 Å². The summed E-state index contributed by atoms with van der Waals surface area (Å²) in [5.74, 6) is 0.837. The minimum Gasteiger partial charge on any atom is -0.512 e. The van der Waals surface area contributed by atoms with Gasteiger partial charge in [0.05, 0.1) is 12.5 Å². The van der Waals surface area contributed by atoms with Crippen LogP contribution in [0.4, 0.5) is 0 Å². The number of carbonyl (C=O) groups excluding carboxylic acids is 1. The second-order valence-corrected chi connectivity index (χ2v) is 17.0. The first kappa shape index (κ1) is 43.7. The van der Waals surface area contributed by atoms with Crippen LogP contribution >= 0.6 is 0 Å². The molecule has 0 bridgehead atoms. The first-order chi connectivity index (χ1) is 25.5. The molecule has 1 radical (unpaired) electrons. The average molecular weight is 919 g/mol. The third-order valence-electron chi connectivity index (χ3n) is 11.8. The van der Waals surface area contributed by atoms with E-state index in [9.17, 15) is 9.90 Å². The van der Waals surface area contributed by atoms with Crippen LogP contribution in [0.25, 0.3) is 55.2 Å². The zero-order valence-electron chi connectivity index (χ0n) is 35.0. The smallest absolute Gasteiger partial charge is 0.219 e. The molecule has 0 saturated carbocycles. The van der Waals surface area contributed by atoms with E-state index in [1.807, 2.05) is 41.5 Å². The van der Waals surface area contributed by atoms with Crippen LogP contribution in [-0.2, 0) is 36.7 Å². The van der Waals surface area contributed by atoms with Crippen LogP contribution in [0, 0.1) is 29.7 Å². The molecule has 0 amide bonds. The van der Waals surface area contributed by atoms with Gasteiger partial charge in [0.1, 0.15) is 11.3 Å². The van der Waals surface area contributed by atoms with E-state index in [0.717, 1.165) is 81.8 Å². The minimum absolute atomic E-state index is 0. The van der Waals surface area contributed by atoms with Crippen molar-refractivity contribution in [3.05, 3.63) is 102 Å². The van der Waals surface area contributed by atoms with Gasteiger partial charge >= 0.3 is 0 Å². The van der Waals surface area contributed by atoms with E-state index in [1.54, 1.807) is 12.5 Å². The summed E-state index contributed by atoms with van der Waals surface area (Å²) >= 11 is 0. The van der Waals surface area contributed by atoms with Crippen molar-refractivity contribution in [3.8, 4) is 22.4 Å². The molecule has 6 aromatic rings. The zero-order valence-corrected chi connectivity index (χ0v) is 37.4. The van der Waals surface area contributed by atoms with Crippen LogP contribution in [0.2, 0.25) is 0 Å². The number of aliphatic hydroxyl groups excluding tert-OH is 1. The molecule has 0 aliphatic carbocycles. The number of ketones is 1. The molecule has 5 nitrogen and oxygen atoms in total. The maximum absolute atomic E-state index is 12.2. The third kappa shape index (κ3) is 9.03. The molecular formula is C49H60IrNO4-. The van der Waals surface area contributed by atoms with E-state index in [2.05, 4.69) is 102 Å². The van der Waals surface area contributed by atoms with Crippen molar-refractivity contribution in [2.45, 2.75) is 121 Å². The van der Waals surface area contributed by atoms with Gasteiger partial charge in [-0.3, -0.25) is 9.78 Å². The molecule has 3 aromatic heterocycles. The van der Waals surface area contributed by atoms with Gasteiger partial charge in [-0.05, 0) is 78.7 Å². The predicted molar refractivity (Wildman–Crippen MR) is 226 cm³/mol. The molecular weight excluding hydrogens is 859 g/mol. The van der Waals surface area contributed by atoms with Gasteiger partial charge in [-0.2, -0.15) is 0 Å². The number of aryl methyl sites for hydroxylation is 1. The van der Waals surface area contributed by atoms with Gasteiger partial charge in [0.15, 0.2) is 5.78 Å². The van der Waals surface area contributed by atoms with E-state index >= 15 is 0 Å². The molecule has 0 aliphatic rings. The number of pyridine rings is 1. The maximum atomic E-state index is 12.2. The van der Waals surface area contributed by atoms with E-state index < -0.39 is 0 Å². The Balaban J connectivity index is 0.000000320. The fourth-order valence-electron chi connectivity index (χ4n) is 7.17. The molecule has 6 heteroatoms. The summed E-state index contributed by atoms with van der Waals surface area (Å²) in [5, 5.41) is 14.6. The van der Waals surface area contributed by atoms with Gasteiger partial charge in [-0.25, -0.2) is 0 Å². The normalized spacial score (nSPS) is 12.6.